The number of hydrogen-bond donors (Lipinski definition) is 2. The molecule has 2 N–H and O–H groups in total. The minimum atomic E-state index is -0.255. The predicted octanol–water partition coefficient (Wildman–Crippen LogP) is 5.38. The average molecular weight is 418 g/mol. The third kappa shape index (κ3) is 4.58. The minimum Gasteiger partial charge on any atom is -0.489 e. The van der Waals surface area contributed by atoms with Crippen LogP contribution in [0, 0.1) is 11.7 Å². The molecule has 158 valence electrons. The van der Waals surface area contributed by atoms with Gasteiger partial charge in [0.2, 0.25) is 0 Å². The van der Waals surface area contributed by atoms with E-state index in [0.29, 0.717) is 11.5 Å². The van der Waals surface area contributed by atoms with Crippen molar-refractivity contribution in [2.45, 2.75) is 26.4 Å². The molecule has 4 aromatic rings. The highest BCUT2D eigenvalue weighted by atomic mass is 19.1. The smallest absolute Gasteiger partial charge is 0.290 e. The number of hydrogen-bond acceptors (Lipinski definition) is 3. The van der Waals surface area contributed by atoms with E-state index in [-0.39, 0.29) is 18.9 Å². The highest BCUT2D eigenvalue weighted by molar-refractivity contribution is 5.81. The topological polar surface area (TPSA) is 75.2 Å². The predicted molar refractivity (Wildman–Crippen MR) is 118 cm³/mol. The van der Waals surface area contributed by atoms with Gasteiger partial charge in [-0.15, -0.1) is 0 Å². The molecule has 2 heterocycles. The molecule has 5 nitrogen and oxygen atoms in total. The number of aromatic nitrogens is 2. The lowest BCUT2D eigenvalue weighted by atomic mass is 10.0. The van der Waals surface area contributed by atoms with E-state index >= 15 is 0 Å². The standard InChI is InChI=1S/C24H21FN2O.CH2O2/c1-15-8-16-2-4-22(12-19(16)9-15)28-14-21-10-17(3-5-23(21)25)20-11-18-6-7-26-24(18)27-13-20;2-1-3/h2-7,10-13,15H,8-9,14H2,1H3,(H,26,27);1H,(H,2,3). The van der Waals surface area contributed by atoms with Crippen molar-refractivity contribution >= 4 is 17.5 Å². The SMILES string of the molecule is CC1Cc2ccc(OCc3cc(-c4cnc5[nH]ccc5c4)ccc3F)cc2C1.O=CO. The molecule has 6 heteroatoms. The maximum Gasteiger partial charge on any atom is 0.290 e. The van der Waals surface area contributed by atoms with Crippen LogP contribution in [0.25, 0.3) is 22.2 Å². The lowest BCUT2D eigenvalue weighted by molar-refractivity contribution is -0.122. The Morgan fingerprint density at radius 3 is 2.77 bits per heavy atom. The average Bonchev–Trinajstić information content (AvgIpc) is 3.38. The quantitative estimate of drug-likeness (QED) is 0.436. The zero-order chi connectivity index (χ0) is 21.8. The highest BCUT2D eigenvalue weighted by Crippen LogP contribution is 2.30. The van der Waals surface area contributed by atoms with Crippen LogP contribution in [-0.2, 0) is 24.2 Å². The first-order valence-electron chi connectivity index (χ1n) is 10.1. The summed E-state index contributed by atoms with van der Waals surface area (Å²) in [5.41, 5.74) is 6.03. The van der Waals surface area contributed by atoms with Crippen molar-refractivity contribution in [3.8, 4) is 16.9 Å². The van der Waals surface area contributed by atoms with E-state index in [1.807, 2.05) is 24.4 Å². The monoisotopic (exact) mass is 418 g/mol. The minimum absolute atomic E-state index is 0.202. The molecule has 2 aromatic heterocycles. The van der Waals surface area contributed by atoms with E-state index in [4.69, 9.17) is 14.6 Å². The van der Waals surface area contributed by atoms with Crippen LogP contribution in [0.3, 0.4) is 0 Å². The third-order valence-corrected chi connectivity index (χ3v) is 5.49. The molecule has 0 amide bonds. The molecule has 2 aromatic carbocycles. The van der Waals surface area contributed by atoms with Gasteiger partial charge in [-0.2, -0.15) is 0 Å². The van der Waals surface area contributed by atoms with Crippen LogP contribution in [0.15, 0.2) is 60.9 Å². The Morgan fingerprint density at radius 2 is 1.94 bits per heavy atom. The summed E-state index contributed by atoms with van der Waals surface area (Å²) >= 11 is 0. The molecule has 1 unspecified atom stereocenters. The molecule has 1 atom stereocenters. The first kappa shape index (κ1) is 20.6. The maximum absolute atomic E-state index is 14.4. The molecule has 1 aliphatic carbocycles. The van der Waals surface area contributed by atoms with Crippen LogP contribution < -0.4 is 4.74 Å². The second-order valence-corrected chi connectivity index (χ2v) is 7.78. The van der Waals surface area contributed by atoms with Crippen molar-refractivity contribution in [2.75, 3.05) is 0 Å². The number of carbonyl (C=O) groups is 1. The third-order valence-electron chi connectivity index (χ3n) is 5.49. The summed E-state index contributed by atoms with van der Waals surface area (Å²) < 4.78 is 20.3. The molecule has 0 saturated heterocycles. The molecule has 0 saturated carbocycles. The van der Waals surface area contributed by atoms with Gasteiger partial charge in [0.1, 0.15) is 23.8 Å². The molecule has 0 radical (unpaired) electrons. The summed E-state index contributed by atoms with van der Waals surface area (Å²) in [4.78, 5) is 15.9. The molecule has 31 heavy (non-hydrogen) atoms. The number of nitrogens with zero attached hydrogens (tertiary/aromatic N) is 1. The zero-order valence-electron chi connectivity index (χ0n) is 17.1. The molecule has 0 spiro atoms. The van der Waals surface area contributed by atoms with Crippen LogP contribution in [0.5, 0.6) is 5.75 Å². The van der Waals surface area contributed by atoms with Gasteiger partial charge < -0.3 is 14.8 Å². The van der Waals surface area contributed by atoms with Gasteiger partial charge in [-0.3, -0.25) is 4.79 Å². The normalized spacial score (nSPS) is 14.6. The molecule has 0 aliphatic heterocycles. The van der Waals surface area contributed by atoms with Crippen molar-refractivity contribution in [3.63, 3.8) is 0 Å². The Kier molecular flexibility index (Phi) is 5.98. The summed E-state index contributed by atoms with van der Waals surface area (Å²) in [7, 11) is 0. The fraction of sp³-hybridized carbons (Fsp3) is 0.200. The van der Waals surface area contributed by atoms with Crippen LogP contribution in [0.4, 0.5) is 4.39 Å². The number of aromatic amines is 1. The van der Waals surface area contributed by atoms with E-state index < -0.39 is 0 Å². The first-order chi connectivity index (χ1) is 15.1. The fourth-order valence-corrected chi connectivity index (χ4v) is 4.03. The summed E-state index contributed by atoms with van der Waals surface area (Å²) in [6.07, 6.45) is 5.89. The van der Waals surface area contributed by atoms with Crippen molar-refractivity contribution in [2.24, 2.45) is 5.92 Å². The van der Waals surface area contributed by atoms with Crippen LogP contribution in [-0.4, -0.2) is 21.5 Å². The second kappa shape index (κ2) is 9.00. The number of rotatable bonds is 4. The Bertz CT molecular complexity index is 1220. The van der Waals surface area contributed by atoms with Gasteiger partial charge in [0, 0.05) is 28.9 Å². The summed E-state index contributed by atoms with van der Waals surface area (Å²) in [5, 5.41) is 7.92. The highest BCUT2D eigenvalue weighted by Gasteiger charge is 2.18. The van der Waals surface area contributed by atoms with E-state index in [0.717, 1.165) is 40.8 Å². The number of fused-ring (bicyclic) bond motifs is 2. The summed E-state index contributed by atoms with van der Waals surface area (Å²) in [6.45, 7) is 2.22. The largest absolute Gasteiger partial charge is 0.489 e. The van der Waals surface area contributed by atoms with Gasteiger partial charge in [0.15, 0.2) is 0 Å². The van der Waals surface area contributed by atoms with Gasteiger partial charge in [-0.05, 0) is 71.8 Å². The molecule has 0 bridgehead atoms. The number of ether oxygens (including phenoxy) is 1. The zero-order valence-corrected chi connectivity index (χ0v) is 17.1. The summed E-state index contributed by atoms with van der Waals surface area (Å²) in [5.74, 6) is 1.23. The van der Waals surface area contributed by atoms with Crippen molar-refractivity contribution in [1.29, 1.82) is 0 Å². The van der Waals surface area contributed by atoms with Gasteiger partial charge >= 0.3 is 0 Å². The molecule has 1 aliphatic rings. The van der Waals surface area contributed by atoms with Gasteiger partial charge in [-0.25, -0.2) is 9.37 Å². The van der Waals surface area contributed by atoms with Crippen LogP contribution >= 0.6 is 0 Å². The van der Waals surface area contributed by atoms with E-state index in [9.17, 15) is 4.39 Å². The number of carboxylic acid groups (broad SMARTS) is 1. The van der Waals surface area contributed by atoms with Crippen LogP contribution in [0.2, 0.25) is 0 Å². The van der Waals surface area contributed by atoms with Crippen molar-refractivity contribution in [1.82, 2.24) is 9.97 Å². The van der Waals surface area contributed by atoms with Crippen LogP contribution in [0.1, 0.15) is 23.6 Å². The van der Waals surface area contributed by atoms with Crippen molar-refractivity contribution in [3.05, 3.63) is 83.4 Å². The Balaban J connectivity index is 0.000000730. The summed E-state index contributed by atoms with van der Waals surface area (Å²) in [6, 6.07) is 15.4. The maximum atomic E-state index is 14.4. The number of H-pyrrole nitrogens is 1. The fourth-order valence-electron chi connectivity index (χ4n) is 4.03. The first-order valence-corrected chi connectivity index (χ1v) is 10.1. The number of pyridine rings is 1. The molecular weight excluding hydrogens is 395 g/mol. The van der Waals surface area contributed by atoms with E-state index in [2.05, 4.69) is 35.1 Å². The number of nitrogens with one attached hydrogen (secondary N) is 1. The van der Waals surface area contributed by atoms with Gasteiger partial charge in [0.05, 0.1) is 0 Å². The molecule has 5 rings (SSSR count). The Hall–Kier alpha value is -3.67. The number of benzene rings is 2. The second-order valence-electron chi connectivity index (χ2n) is 7.78. The van der Waals surface area contributed by atoms with Crippen molar-refractivity contribution < 1.29 is 19.0 Å². The molecule has 0 fully saturated rings. The van der Waals surface area contributed by atoms with Gasteiger partial charge in [0.25, 0.3) is 6.47 Å². The van der Waals surface area contributed by atoms with Gasteiger partial charge in [-0.1, -0.05) is 19.1 Å². The van der Waals surface area contributed by atoms with E-state index in [1.165, 1.54) is 17.2 Å². The number of halogens is 1. The molecular formula is C25H23FN2O3. The lowest BCUT2D eigenvalue weighted by Gasteiger charge is -2.11. The van der Waals surface area contributed by atoms with E-state index in [1.54, 1.807) is 12.3 Å². The Morgan fingerprint density at radius 1 is 1.13 bits per heavy atom. The lowest BCUT2D eigenvalue weighted by Crippen LogP contribution is -2.00. The Labute approximate surface area is 179 Å².